The normalized spacial score (nSPS) is 11.2. The molecule has 130 valence electrons. The molecule has 1 aromatic carbocycles. The Morgan fingerprint density at radius 3 is 2.76 bits per heavy atom. The lowest BCUT2D eigenvalue weighted by atomic mass is 10.1. The van der Waals surface area contributed by atoms with Gasteiger partial charge in [0.1, 0.15) is 0 Å². The van der Waals surface area contributed by atoms with Gasteiger partial charge in [0.05, 0.1) is 5.69 Å². The monoisotopic (exact) mass is 374 g/mol. The van der Waals surface area contributed by atoms with Crippen LogP contribution in [-0.4, -0.2) is 14.8 Å². The van der Waals surface area contributed by atoms with Crippen molar-refractivity contribution < 1.29 is 4.79 Å². The van der Waals surface area contributed by atoms with Crippen LogP contribution in [-0.2, 0) is 11.3 Å². The van der Waals surface area contributed by atoms with Crippen LogP contribution in [0.3, 0.4) is 0 Å². The summed E-state index contributed by atoms with van der Waals surface area (Å²) < 4.78 is 2.33. The molecule has 0 aliphatic carbocycles. The van der Waals surface area contributed by atoms with Gasteiger partial charge in [0, 0.05) is 46.8 Å². The molecule has 25 heavy (non-hydrogen) atoms. The highest BCUT2D eigenvalue weighted by molar-refractivity contribution is 6.63. The molecular formula is C20H20Cl2N2O. The first kappa shape index (κ1) is 18.0. The minimum absolute atomic E-state index is 0.257. The zero-order valence-corrected chi connectivity index (χ0v) is 15.6. The lowest BCUT2D eigenvalue weighted by Crippen LogP contribution is -2.01. The van der Waals surface area contributed by atoms with Crippen LogP contribution < -0.4 is 0 Å². The first-order valence-electron chi connectivity index (χ1n) is 8.45. The van der Waals surface area contributed by atoms with Crippen LogP contribution in [0.4, 0.5) is 0 Å². The third kappa shape index (κ3) is 4.05. The number of carbonyl (C=O) groups is 1. The predicted octanol–water partition coefficient (Wildman–Crippen LogP) is 5.99. The van der Waals surface area contributed by atoms with Crippen molar-refractivity contribution in [3.63, 3.8) is 0 Å². The summed E-state index contributed by atoms with van der Waals surface area (Å²) >= 11 is 11.6. The molecule has 3 nitrogen and oxygen atoms in total. The maximum absolute atomic E-state index is 10.9. The minimum atomic E-state index is -0.257. The molecule has 0 spiro atoms. The largest absolute Gasteiger partial charge is 0.340 e. The standard InChI is InChI=1S/C20H20Cl2N2O/c1-14-17-12-16(21)8-9-18(17)24(11-4-2-3-7-19(22)25)20(14)15-6-5-10-23-13-15/h5-6,8-10,12-13H,2-4,7,11H2,1H3. The van der Waals surface area contributed by atoms with Gasteiger partial charge in [0.2, 0.25) is 5.24 Å². The molecule has 0 N–H and O–H groups in total. The minimum Gasteiger partial charge on any atom is -0.340 e. The second kappa shape index (κ2) is 8.03. The third-order valence-corrected chi connectivity index (χ3v) is 4.89. The number of hydrogen-bond acceptors (Lipinski definition) is 2. The highest BCUT2D eigenvalue weighted by Gasteiger charge is 2.16. The highest BCUT2D eigenvalue weighted by atomic mass is 35.5. The van der Waals surface area contributed by atoms with Crippen molar-refractivity contribution in [2.45, 2.75) is 39.2 Å². The fourth-order valence-corrected chi connectivity index (χ4v) is 3.62. The second-order valence-corrected chi connectivity index (χ2v) is 7.05. The van der Waals surface area contributed by atoms with E-state index < -0.39 is 0 Å². The van der Waals surface area contributed by atoms with Crippen molar-refractivity contribution in [2.24, 2.45) is 0 Å². The Kier molecular flexibility index (Phi) is 5.77. The van der Waals surface area contributed by atoms with Gasteiger partial charge in [-0.2, -0.15) is 0 Å². The Balaban J connectivity index is 1.95. The van der Waals surface area contributed by atoms with Crippen LogP contribution in [0.15, 0.2) is 42.7 Å². The van der Waals surface area contributed by atoms with Gasteiger partial charge >= 0.3 is 0 Å². The Bertz CT molecular complexity index is 888. The molecule has 2 aromatic heterocycles. The summed E-state index contributed by atoms with van der Waals surface area (Å²) in [6.45, 7) is 3.01. The van der Waals surface area contributed by atoms with E-state index in [2.05, 4.69) is 28.6 Å². The molecule has 5 heteroatoms. The molecule has 0 fully saturated rings. The SMILES string of the molecule is Cc1c(-c2cccnc2)n(CCCCCC(=O)Cl)c2ccc(Cl)cc12. The van der Waals surface area contributed by atoms with E-state index in [9.17, 15) is 4.79 Å². The lowest BCUT2D eigenvalue weighted by molar-refractivity contribution is -0.111. The van der Waals surface area contributed by atoms with Gasteiger partial charge in [-0.3, -0.25) is 9.78 Å². The number of benzene rings is 1. The average Bonchev–Trinajstić information content (AvgIpc) is 2.87. The Morgan fingerprint density at radius 1 is 1.20 bits per heavy atom. The summed E-state index contributed by atoms with van der Waals surface area (Å²) in [7, 11) is 0. The van der Waals surface area contributed by atoms with Gasteiger partial charge < -0.3 is 4.57 Å². The summed E-state index contributed by atoms with van der Waals surface area (Å²) in [4.78, 5) is 15.1. The fraction of sp³-hybridized carbons (Fsp3) is 0.300. The zero-order valence-electron chi connectivity index (χ0n) is 14.1. The van der Waals surface area contributed by atoms with Crippen molar-refractivity contribution in [3.8, 4) is 11.3 Å². The van der Waals surface area contributed by atoms with Gasteiger partial charge in [-0.1, -0.05) is 18.0 Å². The number of carbonyl (C=O) groups excluding carboxylic acids is 1. The van der Waals surface area contributed by atoms with Crippen LogP contribution in [0, 0.1) is 6.92 Å². The van der Waals surface area contributed by atoms with Gasteiger partial charge in [0.15, 0.2) is 0 Å². The van der Waals surface area contributed by atoms with Crippen molar-refractivity contribution in [1.82, 2.24) is 9.55 Å². The number of rotatable bonds is 7. The predicted molar refractivity (Wildman–Crippen MR) is 104 cm³/mol. The van der Waals surface area contributed by atoms with Crippen LogP contribution in [0.5, 0.6) is 0 Å². The lowest BCUT2D eigenvalue weighted by Gasteiger charge is -2.11. The molecule has 0 radical (unpaired) electrons. The van der Waals surface area contributed by atoms with E-state index in [-0.39, 0.29) is 5.24 Å². The van der Waals surface area contributed by atoms with Gasteiger partial charge in [-0.25, -0.2) is 0 Å². The van der Waals surface area contributed by atoms with Crippen molar-refractivity contribution >= 4 is 39.3 Å². The molecule has 0 saturated carbocycles. The number of halogens is 2. The van der Waals surface area contributed by atoms with E-state index >= 15 is 0 Å². The molecule has 0 unspecified atom stereocenters. The van der Waals surface area contributed by atoms with Crippen LogP contribution in [0.1, 0.15) is 31.2 Å². The molecule has 0 atom stereocenters. The first-order chi connectivity index (χ1) is 12.1. The average molecular weight is 375 g/mol. The molecule has 3 aromatic rings. The number of hydrogen-bond donors (Lipinski definition) is 0. The molecule has 3 rings (SSSR count). The third-order valence-electron chi connectivity index (χ3n) is 4.47. The molecule has 0 aliphatic rings. The number of nitrogens with zero attached hydrogens (tertiary/aromatic N) is 2. The quantitative estimate of drug-likeness (QED) is 0.375. The summed E-state index contributed by atoms with van der Waals surface area (Å²) in [5.74, 6) is 0. The number of aromatic nitrogens is 2. The summed E-state index contributed by atoms with van der Waals surface area (Å²) in [5.41, 5.74) is 4.66. The number of aryl methyl sites for hydroxylation is 2. The van der Waals surface area contributed by atoms with E-state index in [0.717, 1.165) is 36.4 Å². The molecule has 0 bridgehead atoms. The Morgan fingerprint density at radius 2 is 2.04 bits per heavy atom. The van der Waals surface area contributed by atoms with Crippen molar-refractivity contribution in [3.05, 3.63) is 53.3 Å². The summed E-state index contributed by atoms with van der Waals surface area (Å²) in [6.07, 6.45) is 6.91. The topological polar surface area (TPSA) is 34.9 Å². The van der Waals surface area contributed by atoms with E-state index in [1.165, 1.54) is 22.2 Å². The van der Waals surface area contributed by atoms with Gasteiger partial charge in [-0.05, 0) is 67.3 Å². The maximum atomic E-state index is 10.9. The Labute approximate surface area is 157 Å². The van der Waals surface area contributed by atoms with Crippen LogP contribution >= 0.6 is 23.2 Å². The van der Waals surface area contributed by atoms with Gasteiger partial charge in [-0.15, -0.1) is 0 Å². The summed E-state index contributed by atoms with van der Waals surface area (Å²) in [5, 5.41) is 1.65. The molecule has 0 saturated heterocycles. The van der Waals surface area contributed by atoms with E-state index in [1.54, 1.807) is 6.20 Å². The number of unbranched alkanes of at least 4 members (excludes halogenated alkanes) is 2. The summed E-state index contributed by atoms with van der Waals surface area (Å²) in [6, 6.07) is 10.1. The van der Waals surface area contributed by atoms with Crippen molar-refractivity contribution in [2.75, 3.05) is 0 Å². The van der Waals surface area contributed by atoms with Crippen LogP contribution in [0.2, 0.25) is 5.02 Å². The van der Waals surface area contributed by atoms with E-state index in [4.69, 9.17) is 23.2 Å². The second-order valence-electron chi connectivity index (χ2n) is 6.19. The highest BCUT2D eigenvalue weighted by Crippen LogP contribution is 2.34. The smallest absolute Gasteiger partial charge is 0.221 e. The maximum Gasteiger partial charge on any atom is 0.221 e. The molecular weight excluding hydrogens is 355 g/mol. The molecule has 0 amide bonds. The molecule has 0 aliphatic heterocycles. The zero-order chi connectivity index (χ0) is 17.8. The first-order valence-corrected chi connectivity index (χ1v) is 9.20. The number of pyridine rings is 1. The van der Waals surface area contributed by atoms with Crippen molar-refractivity contribution in [1.29, 1.82) is 0 Å². The van der Waals surface area contributed by atoms with Crippen LogP contribution in [0.25, 0.3) is 22.2 Å². The van der Waals surface area contributed by atoms with E-state index in [0.29, 0.717) is 6.42 Å². The number of fused-ring (bicyclic) bond motifs is 1. The fourth-order valence-electron chi connectivity index (χ4n) is 3.31. The van der Waals surface area contributed by atoms with Gasteiger partial charge in [0.25, 0.3) is 0 Å². The van der Waals surface area contributed by atoms with E-state index in [1.807, 2.05) is 24.4 Å². The molecule has 2 heterocycles. The Hall–Kier alpha value is -1.84.